The van der Waals surface area contributed by atoms with E-state index >= 15 is 0 Å². The fourth-order valence-corrected chi connectivity index (χ4v) is 0.997. The van der Waals surface area contributed by atoms with Gasteiger partial charge in [-0.05, 0) is 11.5 Å². The third kappa shape index (κ3) is 2.71. The average Bonchev–Trinajstić information content (AvgIpc) is 2.13. The number of hydrogen-bond acceptors (Lipinski definition) is 4. The van der Waals surface area contributed by atoms with Crippen LogP contribution in [0.4, 0.5) is 5.82 Å². The van der Waals surface area contributed by atoms with Crippen LogP contribution >= 0.6 is 23.9 Å². The molecule has 0 bridgehead atoms. The molecule has 1 rings (SSSR count). The van der Waals surface area contributed by atoms with Crippen LogP contribution in [0.5, 0.6) is 0 Å². The predicted octanol–water partition coefficient (Wildman–Crippen LogP) is 0.0206. The molecule has 1 aromatic rings. The van der Waals surface area contributed by atoms with Crippen LogP contribution in [0.3, 0.4) is 0 Å². The molecule has 0 spiro atoms. The number of aromatic carboxylic acids is 1. The van der Waals surface area contributed by atoms with Crippen molar-refractivity contribution in [3.63, 3.8) is 0 Å². The first-order chi connectivity index (χ1) is 4.22. The Hall–Kier alpha value is -0.850. The summed E-state index contributed by atoms with van der Waals surface area (Å²) in [6.07, 6.45) is 0. The van der Waals surface area contributed by atoms with E-state index in [1.807, 2.05) is 0 Å². The molecule has 0 amide bonds. The van der Waals surface area contributed by atoms with E-state index in [0.29, 0.717) is 0 Å². The second-order valence-electron chi connectivity index (χ2n) is 1.42. The second kappa shape index (κ2) is 4.89. The van der Waals surface area contributed by atoms with Crippen molar-refractivity contribution in [3.8, 4) is 0 Å². The van der Waals surface area contributed by atoms with E-state index in [-0.39, 0.29) is 29.3 Å². The number of halogens is 1. The summed E-state index contributed by atoms with van der Waals surface area (Å²) < 4.78 is 3.58. The lowest BCUT2D eigenvalue weighted by atomic mass is 10.3. The number of rotatable bonds is 1. The summed E-state index contributed by atoms with van der Waals surface area (Å²) in [4.78, 5) is 10.2. The zero-order valence-electron chi connectivity index (χ0n) is 5.27. The molecule has 5 nitrogen and oxygen atoms in total. The molecule has 0 atom stereocenters. The van der Waals surface area contributed by atoms with Crippen molar-refractivity contribution in [3.05, 3.63) is 10.9 Å². The highest BCUT2D eigenvalue weighted by Crippen LogP contribution is 2.10. The van der Waals surface area contributed by atoms with Crippen LogP contribution in [-0.2, 0) is 0 Å². The molecule has 0 saturated carbocycles. The SMILES string of the molecule is Cl.Nc1nscc1C(=O)O.O. The average molecular weight is 199 g/mol. The predicted molar refractivity (Wildman–Crippen MR) is 44.3 cm³/mol. The third-order valence-electron chi connectivity index (χ3n) is 0.828. The summed E-state index contributed by atoms with van der Waals surface area (Å²) >= 11 is 1.04. The van der Waals surface area contributed by atoms with Gasteiger partial charge in [0.2, 0.25) is 0 Å². The van der Waals surface area contributed by atoms with Crippen LogP contribution in [0.2, 0.25) is 0 Å². The summed E-state index contributed by atoms with van der Waals surface area (Å²) in [5.74, 6) is -0.936. The van der Waals surface area contributed by atoms with Gasteiger partial charge in [-0.25, -0.2) is 4.79 Å². The maximum atomic E-state index is 10.2. The van der Waals surface area contributed by atoms with Gasteiger partial charge in [-0.1, -0.05) is 0 Å². The van der Waals surface area contributed by atoms with Gasteiger partial charge in [0.15, 0.2) is 5.82 Å². The molecule has 5 N–H and O–H groups in total. The molecule has 1 aromatic heterocycles. The molecule has 0 aliphatic rings. The van der Waals surface area contributed by atoms with Crippen molar-refractivity contribution in [2.75, 3.05) is 5.73 Å². The second-order valence-corrected chi connectivity index (χ2v) is 2.05. The zero-order chi connectivity index (χ0) is 6.85. The van der Waals surface area contributed by atoms with Crippen LogP contribution in [0, 0.1) is 0 Å². The van der Waals surface area contributed by atoms with Crippen molar-refractivity contribution in [1.29, 1.82) is 0 Å². The van der Waals surface area contributed by atoms with Crippen molar-refractivity contribution in [2.45, 2.75) is 0 Å². The van der Waals surface area contributed by atoms with E-state index in [0.717, 1.165) is 11.5 Å². The molecular weight excluding hydrogens is 192 g/mol. The Morgan fingerprint density at radius 3 is 2.45 bits per heavy atom. The number of nitrogens with two attached hydrogens (primary N) is 1. The third-order valence-corrected chi connectivity index (χ3v) is 1.47. The molecule has 0 aromatic carbocycles. The molecule has 0 aliphatic heterocycles. The summed E-state index contributed by atoms with van der Waals surface area (Å²) in [5.41, 5.74) is 5.24. The van der Waals surface area contributed by atoms with E-state index in [2.05, 4.69) is 4.37 Å². The van der Waals surface area contributed by atoms with Gasteiger partial charge < -0.3 is 16.3 Å². The number of carboxylic acid groups (broad SMARTS) is 1. The highest BCUT2D eigenvalue weighted by Gasteiger charge is 2.08. The van der Waals surface area contributed by atoms with Crippen LogP contribution in [0.25, 0.3) is 0 Å². The van der Waals surface area contributed by atoms with Gasteiger partial charge in [-0.2, -0.15) is 4.37 Å². The fourth-order valence-electron chi connectivity index (χ4n) is 0.405. The van der Waals surface area contributed by atoms with Crippen molar-refractivity contribution < 1.29 is 15.4 Å². The van der Waals surface area contributed by atoms with Gasteiger partial charge in [0.1, 0.15) is 5.56 Å². The molecule has 0 fully saturated rings. The smallest absolute Gasteiger partial charge is 0.340 e. The molecule has 0 aliphatic carbocycles. The summed E-state index contributed by atoms with van der Waals surface area (Å²) in [7, 11) is 0. The van der Waals surface area contributed by atoms with Gasteiger partial charge in [-0.15, -0.1) is 12.4 Å². The number of nitrogen functional groups attached to an aromatic ring is 1. The minimum Gasteiger partial charge on any atom is -0.478 e. The Labute approximate surface area is 72.7 Å². The lowest BCUT2D eigenvalue weighted by molar-refractivity contribution is 0.0698. The topological polar surface area (TPSA) is 108 Å². The summed E-state index contributed by atoms with van der Waals surface area (Å²) in [5, 5.41) is 9.74. The Bertz CT molecular complexity index is 239. The molecule has 1 heterocycles. The molecular formula is C4H7ClN2O3S. The quantitative estimate of drug-likeness (QED) is 0.663. The van der Waals surface area contributed by atoms with E-state index < -0.39 is 5.97 Å². The van der Waals surface area contributed by atoms with Crippen LogP contribution < -0.4 is 5.73 Å². The minimum atomic E-state index is -1.03. The van der Waals surface area contributed by atoms with Crippen molar-refractivity contribution in [1.82, 2.24) is 4.37 Å². The number of aromatic nitrogens is 1. The van der Waals surface area contributed by atoms with E-state index in [4.69, 9.17) is 10.8 Å². The lowest BCUT2D eigenvalue weighted by Crippen LogP contribution is -1.98. The monoisotopic (exact) mass is 198 g/mol. The van der Waals surface area contributed by atoms with Crippen molar-refractivity contribution in [2.24, 2.45) is 0 Å². The highest BCUT2D eigenvalue weighted by molar-refractivity contribution is 7.04. The Balaban J connectivity index is 0. The summed E-state index contributed by atoms with van der Waals surface area (Å²) in [6, 6.07) is 0. The van der Waals surface area contributed by atoms with Crippen LogP contribution in [0.1, 0.15) is 10.4 Å². The van der Waals surface area contributed by atoms with E-state index in [1.54, 1.807) is 0 Å². The maximum Gasteiger partial charge on any atom is 0.340 e. The number of carbonyl (C=O) groups is 1. The number of hydrogen-bond donors (Lipinski definition) is 2. The van der Waals surface area contributed by atoms with Crippen LogP contribution in [-0.4, -0.2) is 20.9 Å². The lowest BCUT2D eigenvalue weighted by Gasteiger charge is -1.84. The van der Waals surface area contributed by atoms with Crippen molar-refractivity contribution >= 4 is 35.7 Å². The fraction of sp³-hybridized carbons (Fsp3) is 0. The Morgan fingerprint density at radius 1 is 1.73 bits per heavy atom. The van der Waals surface area contributed by atoms with E-state index in [9.17, 15) is 4.79 Å². The largest absolute Gasteiger partial charge is 0.478 e. The molecule has 7 heteroatoms. The van der Waals surface area contributed by atoms with Gasteiger partial charge in [-0.3, -0.25) is 0 Å². The normalized spacial score (nSPS) is 7.64. The van der Waals surface area contributed by atoms with Gasteiger partial charge in [0, 0.05) is 5.38 Å². The molecule has 0 unspecified atom stereocenters. The molecule has 0 saturated heterocycles. The Kier molecular flexibility index (Phi) is 5.69. The number of nitrogens with zero attached hydrogens (tertiary/aromatic N) is 1. The Morgan fingerprint density at radius 2 is 2.27 bits per heavy atom. The molecule has 0 radical (unpaired) electrons. The summed E-state index contributed by atoms with van der Waals surface area (Å²) in [6.45, 7) is 0. The number of carboxylic acids is 1. The molecule has 64 valence electrons. The zero-order valence-corrected chi connectivity index (χ0v) is 6.91. The van der Waals surface area contributed by atoms with Gasteiger partial charge in [0.05, 0.1) is 0 Å². The first-order valence-electron chi connectivity index (χ1n) is 2.15. The first kappa shape index (κ1) is 12.8. The number of anilines is 1. The van der Waals surface area contributed by atoms with Gasteiger partial charge in [0.25, 0.3) is 0 Å². The molecule has 11 heavy (non-hydrogen) atoms. The first-order valence-corrected chi connectivity index (χ1v) is 2.98. The van der Waals surface area contributed by atoms with Crippen LogP contribution in [0.15, 0.2) is 5.38 Å². The minimum absolute atomic E-state index is 0. The maximum absolute atomic E-state index is 10.2. The highest BCUT2D eigenvalue weighted by atomic mass is 35.5. The van der Waals surface area contributed by atoms with Gasteiger partial charge >= 0.3 is 5.97 Å². The standard InChI is InChI=1S/C4H4N2O2S.ClH.H2O/c5-3-2(4(7)8)1-9-6-3;;/h1H,(H2,5,6)(H,7,8);1H;1H2. The van der Waals surface area contributed by atoms with E-state index in [1.165, 1.54) is 5.38 Å².